The number of carbonyl (C=O) groups is 3. The molecule has 1 aliphatic heterocycles. The second-order valence-electron chi connectivity index (χ2n) is 9.71. The van der Waals surface area contributed by atoms with E-state index < -0.39 is 5.54 Å². The summed E-state index contributed by atoms with van der Waals surface area (Å²) in [5, 5.41) is 2.92. The van der Waals surface area contributed by atoms with Crippen molar-refractivity contribution in [3.8, 4) is 0 Å². The molecule has 0 atom stereocenters. The van der Waals surface area contributed by atoms with Crippen LogP contribution < -0.4 is 5.32 Å². The lowest BCUT2D eigenvalue weighted by atomic mass is 9.98. The number of nitrogens with one attached hydrogen (secondary N) is 1. The fraction of sp³-hybridized carbons (Fsp3) is 0.464. The summed E-state index contributed by atoms with van der Waals surface area (Å²) in [6.07, 6.45) is 3.75. The van der Waals surface area contributed by atoms with Gasteiger partial charge < -0.3 is 15.0 Å². The maximum Gasteiger partial charge on any atom is 0.247 e. The highest BCUT2D eigenvalue weighted by Gasteiger charge is 2.34. The third kappa shape index (κ3) is 7.26. The third-order valence-corrected chi connectivity index (χ3v) is 6.53. The van der Waals surface area contributed by atoms with Gasteiger partial charge >= 0.3 is 0 Å². The molecule has 0 aromatic heterocycles. The molecule has 0 bridgehead atoms. The van der Waals surface area contributed by atoms with Crippen molar-refractivity contribution in [2.45, 2.75) is 52.0 Å². The Kier molecular flexibility index (Phi) is 8.99. The first kappa shape index (κ1) is 25.6. The van der Waals surface area contributed by atoms with Crippen LogP contribution in [-0.4, -0.2) is 66.2 Å². The van der Waals surface area contributed by atoms with E-state index in [1.54, 1.807) is 18.7 Å². The third-order valence-electron chi connectivity index (χ3n) is 6.53. The zero-order valence-electron chi connectivity index (χ0n) is 20.7. The van der Waals surface area contributed by atoms with E-state index in [-0.39, 0.29) is 11.8 Å². The average Bonchev–Trinajstić information content (AvgIpc) is 2.81. The monoisotopic (exact) mass is 463 g/mol. The molecule has 0 aliphatic carbocycles. The molecule has 0 spiro atoms. The number of carbonyl (C=O) groups excluding carboxylic acids is 3. The molecule has 6 nitrogen and oxygen atoms in total. The first-order valence-corrected chi connectivity index (χ1v) is 12.2. The van der Waals surface area contributed by atoms with Gasteiger partial charge in [0.25, 0.3) is 0 Å². The highest BCUT2D eigenvalue weighted by Crippen LogP contribution is 2.16. The van der Waals surface area contributed by atoms with Gasteiger partial charge in [-0.3, -0.25) is 14.5 Å². The van der Waals surface area contributed by atoms with Crippen molar-refractivity contribution in [1.82, 2.24) is 15.1 Å². The predicted molar refractivity (Wildman–Crippen MR) is 135 cm³/mol. The Hall–Kier alpha value is -2.99. The topological polar surface area (TPSA) is 69.7 Å². The largest absolute Gasteiger partial charge is 0.342 e. The molecular weight excluding hydrogens is 426 g/mol. The van der Waals surface area contributed by atoms with Crippen LogP contribution in [0, 0.1) is 6.92 Å². The molecule has 182 valence electrons. The summed E-state index contributed by atoms with van der Waals surface area (Å²) in [6, 6.07) is 17.1. The van der Waals surface area contributed by atoms with Crippen LogP contribution in [-0.2, 0) is 27.2 Å². The number of rotatable bonds is 10. The molecule has 2 amide bonds. The minimum Gasteiger partial charge on any atom is -0.342 e. The Balaban J connectivity index is 1.41. The van der Waals surface area contributed by atoms with Crippen LogP contribution in [0.25, 0.3) is 0 Å². The Morgan fingerprint density at radius 2 is 1.62 bits per heavy atom. The second-order valence-corrected chi connectivity index (χ2v) is 9.71. The summed E-state index contributed by atoms with van der Waals surface area (Å²) in [5.41, 5.74) is 4.19. The van der Waals surface area contributed by atoms with E-state index in [0.29, 0.717) is 39.1 Å². The molecule has 1 heterocycles. The Labute approximate surface area is 203 Å². The number of hydrogen-bond acceptors (Lipinski definition) is 4. The minimum atomic E-state index is -0.943. The van der Waals surface area contributed by atoms with Gasteiger partial charge in [-0.05, 0) is 62.3 Å². The van der Waals surface area contributed by atoms with Gasteiger partial charge in [0.05, 0.1) is 6.54 Å². The molecule has 0 radical (unpaired) electrons. The summed E-state index contributed by atoms with van der Waals surface area (Å²) in [5.74, 6) is -0.176. The molecule has 2 aromatic rings. The Morgan fingerprint density at radius 1 is 0.971 bits per heavy atom. The van der Waals surface area contributed by atoms with Crippen molar-refractivity contribution in [2.24, 2.45) is 0 Å². The summed E-state index contributed by atoms with van der Waals surface area (Å²) in [4.78, 5) is 39.9. The normalized spacial score (nSPS) is 14.6. The van der Waals surface area contributed by atoms with Crippen LogP contribution in [0.15, 0.2) is 48.5 Å². The maximum absolute atomic E-state index is 12.9. The summed E-state index contributed by atoms with van der Waals surface area (Å²) in [6.45, 7) is 8.57. The van der Waals surface area contributed by atoms with Crippen molar-refractivity contribution in [3.05, 3.63) is 70.8 Å². The predicted octanol–water partition coefficient (Wildman–Crippen LogP) is 3.15. The fourth-order valence-corrected chi connectivity index (χ4v) is 4.40. The number of aryl methyl sites for hydroxylation is 2. The first-order chi connectivity index (χ1) is 16.3. The summed E-state index contributed by atoms with van der Waals surface area (Å²) in [7, 11) is 0. The van der Waals surface area contributed by atoms with Crippen molar-refractivity contribution in [2.75, 3.05) is 32.7 Å². The van der Waals surface area contributed by atoms with Crippen LogP contribution in [0.5, 0.6) is 0 Å². The van der Waals surface area contributed by atoms with Crippen LogP contribution >= 0.6 is 0 Å². The van der Waals surface area contributed by atoms with Gasteiger partial charge in [-0.1, -0.05) is 48.5 Å². The van der Waals surface area contributed by atoms with E-state index in [2.05, 4.69) is 60.8 Å². The summed E-state index contributed by atoms with van der Waals surface area (Å²) >= 11 is 0. The summed E-state index contributed by atoms with van der Waals surface area (Å²) < 4.78 is 0. The van der Waals surface area contributed by atoms with E-state index in [9.17, 15) is 14.4 Å². The van der Waals surface area contributed by atoms with Gasteiger partial charge in [0, 0.05) is 32.6 Å². The highest BCUT2D eigenvalue weighted by atomic mass is 16.2. The zero-order chi connectivity index (χ0) is 24.6. The van der Waals surface area contributed by atoms with Gasteiger partial charge in [-0.25, -0.2) is 0 Å². The lowest BCUT2D eigenvalue weighted by Gasteiger charge is -2.38. The van der Waals surface area contributed by atoms with Gasteiger partial charge in [0.15, 0.2) is 0 Å². The quantitative estimate of drug-likeness (QED) is 0.550. The molecular formula is C28H37N3O3. The molecule has 1 fully saturated rings. The molecule has 34 heavy (non-hydrogen) atoms. The number of nitrogens with zero attached hydrogens (tertiary/aromatic N) is 2. The number of hydrogen-bond donors (Lipinski definition) is 1. The number of amides is 2. The van der Waals surface area contributed by atoms with Crippen LogP contribution in [0.3, 0.4) is 0 Å². The molecule has 1 saturated heterocycles. The smallest absolute Gasteiger partial charge is 0.247 e. The first-order valence-electron chi connectivity index (χ1n) is 12.2. The fourth-order valence-electron chi connectivity index (χ4n) is 4.40. The lowest BCUT2D eigenvalue weighted by molar-refractivity contribution is -0.142. The molecule has 1 aliphatic rings. The van der Waals surface area contributed by atoms with Crippen LogP contribution in [0.2, 0.25) is 0 Å². The van der Waals surface area contributed by atoms with Crippen molar-refractivity contribution in [1.29, 1.82) is 0 Å². The van der Waals surface area contributed by atoms with E-state index in [1.807, 2.05) is 4.90 Å². The van der Waals surface area contributed by atoms with Crippen molar-refractivity contribution in [3.63, 3.8) is 0 Å². The van der Waals surface area contributed by atoms with Crippen LogP contribution in [0.4, 0.5) is 0 Å². The van der Waals surface area contributed by atoms with E-state index >= 15 is 0 Å². The number of aldehydes is 1. The van der Waals surface area contributed by atoms with E-state index in [1.165, 1.54) is 22.3 Å². The van der Waals surface area contributed by atoms with Gasteiger partial charge in [-0.2, -0.15) is 0 Å². The number of piperazine rings is 1. The Morgan fingerprint density at radius 3 is 2.26 bits per heavy atom. The van der Waals surface area contributed by atoms with Crippen molar-refractivity contribution < 1.29 is 14.4 Å². The van der Waals surface area contributed by atoms with Crippen molar-refractivity contribution >= 4 is 18.1 Å². The SMILES string of the molecule is Cc1ccccc1Cc1ccc(CCCC(=O)NC(C)(C)C(=O)N2CCN(CC=O)CC2)cc1. The second kappa shape index (κ2) is 11.9. The Bertz CT molecular complexity index is 977. The van der Waals surface area contributed by atoms with Crippen LogP contribution in [0.1, 0.15) is 48.9 Å². The lowest BCUT2D eigenvalue weighted by Crippen LogP contribution is -2.59. The zero-order valence-corrected chi connectivity index (χ0v) is 20.7. The van der Waals surface area contributed by atoms with E-state index in [0.717, 1.165) is 25.5 Å². The highest BCUT2D eigenvalue weighted by molar-refractivity contribution is 5.90. The van der Waals surface area contributed by atoms with Gasteiger partial charge in [0.1, 0.15) is 11.8 Å². The molecule has 3 rings (SSSR count). The van der Waals surface area contributed by atoms with Gasteiger partial charge in [-0.15, -0.1) is 0 Å². The minimum absolute atomic E-state index is 0.0733. The molecule has 2 aromatic carbocycles. The van der Waals surface area contributed by atoms with Gasteiger partial charge in [0.2, 0.25) is 11.8 Å². The maximum atomic E-state index is 12.9. The molecule has 0 saturated carbocycles. The average molecular weight is 464 g/mol. The molecule has 0 unspecified atom stereocenters. The standard InChI is InChI=1S/C28H37N3O3/c1-22-7-4-5-9-25(22)21-24-13-11-23(12-14-24)8-6-10-26(33)29-28(2,3)27(34)31-17-15-30(16-18-31)19-20-32/h4-5,7,9,11-14,20H,6,8,10,15-19,21H2,1-3H3,(H,29,33). The molecule has 6 heteroatoms. The molecule has 1 N–H and O–H groups in total. The van der Waals surface area contributed by atoms with E-state index in [4.69, 9.17) is 0 Å². The number of benzene rings is 2.